The molecule has 0 aliphatic carbocycles. The van der Waals surface area contributed by atoms with Gasteiger partial charge in [0, 0.05) is 29.7 Å². The first-order chi connectivity index (χ1) is 9.50. The van der Waals surface area contributed by atoms with E-state index in [4.69, 9.17) is 0 Å². The Kier molecular flexibility index (Phi) is 4.69. The van der Waals surface area contributed by atoms with Gasteiger partial charge in [-0.05, 0) is 39.2 Å². The van der Waals surface area contributed by atoms with E-state index in [9.17, 15) is 8.42 Å². The number of aromatic nitrogens is 1. The second-order valence-corrected chi connectivity index (χ2v) is 6.64. The highest BCUT2D eigenvalue weighted by Crippen LogP contribution is 2.21. The van der Waals surface area contributed by atoms with Gasteiger partial charge in [-0.3, -0.25) is 4.98 Å². The van der Waals surface area contributed by atoms with Crippen molar-refractivity contribution in [3.8, 4) is 0 Å². The molecule has 20 heavy (non-hydrogen) atoms. The van der Waals surface area contributed by atoms with Crippen LogP contribution < -0.4 is 4.72 Å². The summed E-state index contributed by atoms with van der Waals surface area (Å²) in [6.07, 6.45) is 4.05. The molecule has 0 saturated heterocycles. The van der Waals surface area contributed by atoms with Crippen molar-refractivity contribution < 1.29 is 8.42 Å². The van der Waals surface area contributed by atoms with Crippen LogP contribution in [0.3, 0.4) is 0 Å². The number of hydrogen-bond donors (Lipinski definition) is 1. The van der Waals surface area contributed by atoms with E-state index < -0.39 is 10.0 Å². The van der Waals surface area contributed by atoms with E-state index in [1.807, 2.05) is 25.1 Å². The zero-order chi connectivity index (χ0) is 14.6. The van der Waals surface area contributed by atoms with Crippen LogP contribution in [0.5, 0.6) is 0 Å². The third-order valence-corrected chi connectivity index (χ3v) is 4.52. The first-order valence-corrected chi connectivity index (χ1v) is 7.96. The third-order valence-electron chi connectivity index (χ3n) is 3.00. The Morgan fingerprint density at radius 1 is 1.25 bits per heavy atom. The first kappa shape index (κ1) is 14.9. The molecular weight excluding hydrogens is 274 g/mol. The molecule has 0 unspecified atom stereocenters. The summed E-state index contributed by atoms with van der Waals surface area (Å²) in [6.45, 7) is 1.28. The Morgan fingerprint density at radius 2 is 2.05 bits per heavy atom. The number of hydrogen-bond acceptors (Lipinski definition) is 4. The highest BCUT2D eigenvalue weighted by atomic mass is 32.2. The molecule has 108 valence electrons. The Morgan fingerprint density at radius 3 is 2.80 bits per heavy atom. The average Bonchev–Trinajstić information content (AvgIpc) is 2.43. The minimum absolute atomic E-state index is 0.308. The molecule has 0 amide bonds. The molecule has 6 heteroatoms. The highest BCUT2D eigenvalue weighted by molar-refractivity contribution is 7.89. The van der Waals surface area contributed by atoms with Crippen molar-refractivity contribution in [2.24, 2.45) is 0 Å². The second-order valence-electron chi connectivity index (χ2n) is 4.91. The fraction of sp³-hybridized carbons (Fsp3) is 0.357. The van der Waals surface area contributed by atoms with Gasteiger partial charge in [0.1, 0.15) is 0 Å². The molecule has 1 aromatic heterocycles. The number of nitrogens with one attached hydrogen (secondary N) is 1. The summed E-state index contributed by atoms with van der Waals surface area (Å²) >= 11 is 0. The van der Waals surface area contributed by atoms with E-state index in [0.717, 1.165) is 18.4 Å². The molecule has 1 N–H and O–H groups in total. The lowest BCUT2D eigenvalue weighted by Gasteiger charge is -2.11. The molecule has 0 spiro atoms. The fourth-order valence-corrected chi connectivity index (χ4v) is 3.31. The van der Waals surface area contributed by atoms with Crippen LogP contribution in [0.2, 0.25) is 0 Å². The van der Waals surface area contributed by atoms with E-state index in [2.05, 4.69) is 9.71 Å². The van der Waals surface area contributed by atoms with Gasteiger partial charge in [-0.1, -0.05) is 12.1 Å². The Labute approximate surface area is 119 Å². The lowest BCUT2D eigenvalue weighted by molar-refractivity contribution is 0.400. The van der Waals surface area contributed by atoms with Gasteiger partial charge in [-0.25, -0.2) is 13.1 Å². The average molecular weight is 293 g/mol. The molecule has 0 saturated carbocycles. The number of nitrogens with zero attached hydrogens (tertiary/aromatic N) is 2. The van der Waals surface area contributed by atoms with Gasteiger partial charge in [0.2, 0.25) is 10.0 Å². The van der Waals surface area contributed by atoms with Crippen LogP contribution >= 0.6 is 0 Å². The SMILES string of the molecule is CN(C)CCCNS(=O)(=O)c1cccc2cnccc12. The second kappa shape index (κ2) is 6.30. The summed E-state index contributed by atoms with van der Waals surface area (Å²) < 4.78 is 27.3. The number of benzene rings is 1. The lowest BCUT2D eigenvalue weighted by atomic mass is 10.2. The van der Waals surface area contributed by atoms with Crippen molar-refractivity contribution in [2.45, 2.75) is 11.3 Å². The molecule has 5 nitrogen and oxygen atoms in total. The van der Waals surface area contributed by atoms with E-state index in [-0.39, 0.29) is 0 Å². The van der Waals surface area contributed by atoms with E-state index in [1.165, 1.54) is 0 Å². The minimum Gasteiger partial charge on any atom is -0.309 e. The standard InChI is InChI=1S/C14H19N3O2S/c1-17(2)10-4-8-16-20(18,19)14-6-3-5-12-11-15-9-7-13(12)14/h3,5-7,9,11,16H,4,8,10H2,1-2H3. The maximum atomic E-state index is 12.3. The summed E-state index contributed by atoms with van der Waals surface area (Å²) in [5.41, 5.74) is 0. The number of pyridine rings is 1. The fourth-order valence-electron chi connectivity index (χ4n) is 2.01. The Balaban J connectivity index is 2.19. The van der Waals surface area contributed by atoms with Crippen LogP contribution in [0, 0.1) is 0 Å². The summed E-state index contributed by atoms with van der Waals surface area (Å²) in [7, 11) is 0.448. The van der Waals surface area contributed by atoms with Crippen molar-refractivity contribution in [2.75, 3.05) is 27.2 Å². The van der Waals surface area contributed by atoms with Gasteiger partial charge in [0.25, 0.3) is 0 Å². The maximum absolute atomic E-state index is 12.3. The number of fused-ring (bicyclic) bond motifs is 1. The summed E-state index contributed by atoms with van der Waals surface area (Å²) in [5.74, 6) is 0. The molecule has 0 aliphatic rings. The summed E-state index contributed by atoms with van der Waals surface area (Å²) in [5, 5.41) is 1.52. The van der Waals surface area contributed by atoms with Crippen molar-refractivity contribution in [3.05, 3.63) is 36.7 Å². The van der Waals surface area contributed by atoms with Gasteiger partial charge >= 0.3 is 0 Å². The predicted octanol–water partition coefficient (Wildman–Crippen LogP) is 1.46. The highest BCUT2D eigenvalue weighted by Gasteiger charge is 2.16. The smallest absolute Gasteiger partial charge is 0.241 e. The molecule has 0 radical (unpaired) electrons. The first-order valence-electron chi connectivity index (χ1n) is 6.48. The number of sulfonamides is 1. The monoisotopic (exact) mass is 293 g/mol. The van der Waals surface area contributed by atoms with Gasteiger partial charge in [-0.2, -0.15) is 0 Å². The van der Waals surface area contributed by atoms with Crippen molar-refractivity contribution in [1.29, 1.82) is 0 Å². The maximum Gasteiger partial charge on any atom is 0.241 e. The molecule has 1 aromatic carbocycles. The quantitative estimate of drug-likeness (QED) is 0.819. The van der Waals surface area contributed by atoms with Crippen LogP contribution in [0.1, 0.15) is 6.42 Å². The Hall–Kier alpha value is -1.50. The van der Waals surface area contributed by atoms with Crippen LogP contribution in [0.15, 0.2) is 41.6 Å². The molecule has 0 bridgehead atoms. The molecule has 2 rings (SSSR count). The molecule has 1 heterocycles. The van der Waals surface area contributed by atoms with Crippen molar-refractivity contribution >= 4 is 20.8 Å². The molecule has 2 aromatic rings. The molecular formula is C14H19N3O2S. The summed E-state index contributed by atoms with van der Waals surface area (Å²) in [4.78, 5) is 6.34. The normalized spacial score (nSPS) is 12.2. The van der Waals surface area contributed by atoms with Crippen LogP contribution in [0.4, 0.5) is 0 Å². The topological polar surface area (TPSA) is 62.3 Å². The van der Waals surface area contributed by atoms with Crippen LogP contribution in [0.25, 0.3) is 10.8 Å². The van der Waals surface area contributed by atoms with Gasteiger partial charge < -0.3 is 4.90 Å². The van der Waals surface area contributed by atoms with Crippen LogP contribution in [-0.4, -0.2) is 45.5 Å². The van der Waals surface area contributed by atoms with E-state index in [1.54, 1.807) is 30.6 Å². The summed E-state index contributed by atoms with van der Waals surface area (Å²) in [6, 6.07) is 6.94. The zero-order valence-electron chi connectivity index (χ0n) is 11.7. The Bertz CT molecular complexity index is 678. The molecule has 0 atom stereocenters. The predicted molar refractivity (Wildman–Crippen MR) is 80.1 cm³/mol. The minimum atomic E-state index is -3.48. The van der Waals surface area contributed by atoms with Crippen molar-refractivity contribution in [3.63, 3.8) is 0 Å². The van der Waals surface area contributed by atoms with Crippen LogP contribution in [-0.2, 0) is 10.0 Å². The van der Waals surface area contributed by atoms with Gasteiger partial charge in [0.15, 0.2) is 0 Å². The largest absolute Gasteiger partial charge is 0.309 e. The van der Waals surface area contributed by atoms with Gasteiger partial charge in [0.05, 0.1) is 4.90 Å². The van der Waals surface area contributed by atoms with Crippen molar-refractivity contribution in [1.82, 2.24) is 14.6 Å². The van der Waals surface area contributed by atoms with E-state index in [0.29, 0.717) is 16.8 Å². The molecule has 0 fully saturated rings. The lowest BCUT2D eigenvalue weighted by Crippen LogP contribution is -2.27. The molecule has 0 aliphatic heterocycles. The van der Waals surface area contributed by atoms with E-state index >= 15 is 0 Å². The zero-order valence-corrected chi connectivity index (χ0v) is 12.5. The number of rotatable bonds is 6. The third kappa shape index (κ3) is 3.53. The van der Waals surface area contributed by atoms with Gasteiger partial charge in [-0.15, -0.1) is 0 Å².